The molecular formula is C12H8ClF3N2O. The first-order valence-corrected chi connectivity index (χ1v) is 5.43. The van der Waals surface area contributed by atoms with Gasteiger partial charge in [0.15, 0.2) is 23.1 Å². The highest BCUT2D eigenvalue weighted by molar-refractivity contribution is 6.33. The van der Waals surface area contributed by atoms with Gasteiger partial charge in [-0.15, -0.1) is 0 Å². The molecule has 2 aromatic carbocycles. The number of halogens is 4. The fourth-order valence-electron chi connectivity index (χ4n) is 1.42. The van der Waals surface area contributed by atoms with E-state index in [0.29, 0.717) is 0 Å². The summed E-state index contributed by atoms with van der Waals surface area (Å²) in [5.41, 5.74) is 10.6. The van der Waals surface area contributed by atoms with Gasteiger partial charge in [0, 0.05) is 6.07 Å². The second kappa shape index (κ2) is 4.89. The van der Waals surface area contributed by atoms with Gasteiger partial charge in [0.1, 0.15) is 10.8 Å². The number of nitrogens with two attached hydrogens (primary N) is 2. The van der Waals surface area contributed by atoms with Crippen molar-refractivity contribution >= 4 is 23.0 Å². The normalized spacial score (nSPS) is 10.5. The monoisotopic (exact) mass is 288 g/mol. The molecule has 0 bridgehead atoms. The van der Waals surface area contributed by atoms with Gasteiger partial charge in [-0.3, -0.25) is 0 Å². The number of anilines is 2. The van der Waals surface area contributed by atoms with Crippen molar-refractivity contribution in [3.8, 4) is 11.5 Å². The minimum absolute atomic E-state index is 0.0799. The first-order valence-electron chi connectivity index (χ1n) is 5.06. The van der Waals surface area contributed by atoms with Crippen molar-refractivity contribution in [3.63, 3.8) is 0 Å². The van der Waals surface area contributed by atoms with Crippen LogP contribution in [0.3, 0.4) is 0 Å². The Morgan fingerprint density at radius 1 is 1.00 bits per heavy atom. The Labute approximate surface area is 111 Å². The van der Waals surface area contributed by atoms with E-state index < -0.39 is 34.0 Å². The third kappa shape index (κ3) is 2.53. The maximum Gasteiger partial charge on any atom is 0.188 e. The van der Waals surface area contributed by atoms with Crippen LogP contribution in [0.5, 0.6) is 11.5 Å². The van der Waals surface area contributed by atoms with Crippen molar-refractivity contribution < 1.29 is 17.9 Å². The zero-order chi connectivity index (χ0) is 14.2. The van der Waals surface area contributed by atoms with E-state index in [1.807, 2.05) is 0 Å². The van der Waals surface area contributed by atoms with Gasteiger partial charge in [-0.05, 0) is 18.2 Å². The summed E-state index contributed by atoms with van der Waals surface area (Å²) < 4.78 is 45.1. The molecule has 2 rings (SSSR count). The smallest absolute Gasteiger partial charge is 0.188 e. The predicted molar refractivity (Wildman–Crippen MR) is 66.7 cm³/mol. The lowest BCUT2D eigenvalue weighted by molar-refractivity contribution is 0.413. The van der Waals surface area contributed by atoms with Crippen LogP contribution in [-0.4, -0.2) is 0 Å². The number of hydrogen-bond donors (Lipinski definition) is 2. The van der Waals surface area contributed by atoms with Gasteiger partial charge in [0.25, 0.3) is 0 Å². The lowest BCUT2D eigenvalue weighted by atomic mass is 10.2. The average molecular weight is 289 g/mol. The van der Waals surface area contributed by atoms with Crippen molar-refractivity contribution in [1.29, 1.82) is 0 Å². The number of benzene rings is 2. The van der Waals surface area contributed by atoms with Gasteiger partial charge >= 0.3 is 0 Å². The molecule has 0 saturated carbocycles. The topological polar surface area (TPSA) is 61.3 Å². The summed E-state index contributed by atoms with van der Waals surface area (Å²) in [6.45, 7) is 0. The van der Waals surface area contributed by atoms with Crippen LogP contribution >= 0.6 is 11.6 Å². The summed E-state index contributed by atoms with van der Waals surface area (Å²) >= 11 is 5.59. The summed E-state index contributed by atoms with van der Waals surface area (Å²) in [6, 6.07) is 3.67. The molecule has 0 heterocycles. The summed E-state index contributed by atoms with van der Waals surface area (Å²) in [7, 11) is 0. The van der Waals surface area contributed by atoms with E-state index in [0.717, 1.165) is 24.3 Å². The molecule has 100 valence electrons. The van der Waals surface area contributed by atoms with Gasteiger partial charge in [-0.25, -0.2) is 13.2 Å². The largest absolute Gasteiger partial charge is 0.449 e. The summed E-state index contributed by atoms with van der Waals surface area (Å²) in [6.07, 6.45) is 0. The SMILES string of the molecule is Nc1cc(N)c(Oc2cc(F)ccc2F)c(F)c1Cl. The third-order valence-corrected chi connectivity index (χ3v) is 2.71. The van der Waals surface area contributed by atoms with Gasteiger partial charge in [-0.2, -0.15) is 0 Å². The van der Waals surface area contributed by atoms with E-state index in [4.69, 9.17) is 27.8 Å². The average Bonchev–Trinajstić information content (AvgIpc) is 2.36. The highest BCUT2D eigenvalue weighted by Crippen LogP contribution is 2.38. The summed E-state index contributed by atoms with van der Waals surface area (Å²) in [4.78, 5) is 0. The van der Waals surface area contributed by atoms with Crippen LogP contribution in [0.1, 0.15) is 0 Å². The van der Waals surface area contributed by atoms with Crippen LogP contribution in [0.25, 0.3) is 0 Å². The van der Waals surface area contributed by atoms with E-state index in [-0.39, 0.29) is 11.4 Å². The van der Waals surface area contributed by atoms with Gasteiger partial charge in [-0.1, -0.05) is 11.6 Å². The number of ether oxygens (including phenoxy) is 1. The molecule has 19 heavy (non-hydrogen) atoms. The molecule has 2 aromatic rings. The van der Waals surface area contributed by atoms with Crippen LogP contribution in [0, 0.1) is 17.5 Å². The molecule has 0 saturated heterocycles. The van der Waals surface area contributed by atoms with Crippen LogP contribution in [-0.2, 0) is 0 Å². The Hall–Kier alpha value is -2.08. The van der Waals surface area contributed by atoms with Crippen molar-refractivity contribution in [3.05, 3.63) is 46.7 Å². The number of rotatable bonds is 2. The molecule has 0 aliphatic rings. The second-order valence-corrected chi connectivity index (χ2v) is 4.07. The molecule has 0 fully saturated rings. The van der Waals surface area contributed by atoms with E-state index in [1.165, 1.54) is 0 Å². The molecule has 0 unspecified atom stereocenters. The van der Waals surface area contributed by atoms with E-state index in [1.54, 1.807) is 0 Å². The van der Waals surface area contributed by atoms with Crippen molar-refractivity contribution in [2.24, 2.45) is 0 Å². The second-order valence-electron chi connectivity index (χ2n) is 3.69. The first-order chi connectivity index (χ1) is 8.90. The van der Waals surface area contributed by atoms with E-state index >= 15 is 0 Å². The molecule has 0 aliphatic carbocycles. The molecule has 0 atom stereocenters. The zero-order valence-corrected chi connectivity index (χ0v) is 10.1. The standard InChI is InChI=1S/C12H8ClF3N2O/c13-10-7(17)4-8(18)12(11(10)16)19-9-3-5(14)1-2-6(9)15/h1-4H,17-18H2. The number of hydrogen-bond acceptors (Lipinski definition) is 3. The highest BCUT2D eigenvalue weighted by Gasteiger charge is 2.18. The maximum absolute atomic E-state index is 13.8. The molecule has 0 aromatic heterocycles. The Kier molecular flexibility index (Phi) is 3.44. The fraction of sp³-hybridized carbons (Fsp3) is 0. The molecule has 0 radical (unpaired) electrons. The minimum atomic E-state index is -1.04. The quantitative estimate of drug-likeness (QED) is 0.828. The van der Waals surface area contributed by atoms with Crippen LogP contribution in [0.2, 0.25) is 5.02 Å². The minimum Gasteiger partial charge on any atom is -0.449 e. The molecule has 0 amide bonds. The Morgan fingerprint density at radius 3 is 2.37 bits per heavy atom. The van der Waals surface area contributed by atoms with Crippen LogP contribution in [0.15, 0.2) is 24.3 Å². The molecule has 0 spiro atoms. The molecule has 0 aliphatic heterocycles. The van der Waals surface area contributed by atoms with Gasteiger partial charge in [0.2, 0.25) is 0 Å². The zero-order valence-electron chi connectivity index (χ0n) is 9.38. The molecule has 7 heteroatoms. The molecule has 3 nitrogen and oxygen atoms in total. The van der Waals surface area contributed by atoms with Crippen LogP contribution in [0.4, 0.5) is 24.5 Å². The Bertz CT molecular complexity index is 649. The van der Waals surface area contributed by atoms with Crippen molar-refractivity contribution in [2.75, 3.05) is 11.5 Å². The Morgan fingerprint density at radius 2 is 1.68 bits per heavy atom. The summed E-state index contributed by atoms with van der Waals surface area (Å²) in [5, 5.41) is -0.402. The summed E-state index contributed by atoms with van der Waals surface area (Å²) in [5.74, 6) is -3.66. The number of nitrogen functional groups attached to an aromatic ring is 2. The van der Waals surface area contributed by atoms with Gasteiger partial charge < -0.3 is 16.2 Å². The van der Waals surface area contributed by atoms with E-state index in [9.17, 15) is 13.2 Å². The van der Waals surface area contributed by atoms with Crippen molar-refractivity contribution in [1.82, 2.24) is 0 Å². The van der Waals surface area contributed by atoms with E-state index in [2.05, 4.69) is 0 Å². The maximum atomic E-state index is 13.8. The lowest BCUT2D eigenvalue weighted by Gasteiger charge is -2.12. The lowest BCUT2D eigenvalue weighted by Crippen LogP contribution is -2.00. The van der Waals surface area contributed by atoms with Crippen LogP contribution < -0.4 is 16.2 Å². The van der Waals surface area contributed by atoms with Gasteiger partial charge in [0.05, 0.1) is 11.4 Å². The molecular weight excluding hydrogens is 281 g/mol. The fourth-order valence-corrected chi connectivity index (χ4v) is 1.56. The Balaban J connectivity index is 2.49. The first kappa shape index (κ1) is 13.4. The molecule has 4 N–H and O–H groups in total. The third-order valence-electron chi connectivity index (χ3n) is 2.32. The highest BCUT2D eigenvalue weighted by atomic mass is 35.5. The predicted octanol–water partition coefficient (Wildman–Crippen LogP) is 3.71. The van der Waals surface area contributed by atoms with Crippen molar-refractivity contribution in [2.45, 2.75) is 0 Å².